The lowest BCUT2D eigenvalue weighted by Crippen LogP contribution is -2.47. The number of piperidine rings is 1. The van der Waals surface area contributed by atoms with Crippen molar-refractivity contribution in [1.82, 2.24) is 14.9 Å². The summed E-state index contributed by atoms with van der Waals surface area (Å²) in [5.41, 5.74) is 0. The maximum atomic E-state index is 11.6. The molecule has 6 nitrogen and oxygen atoms in total. The number of rotatable bonds is 5. The second-order valence-corrected chi connectivity index (χ2v) is 9.32. The van der Waals surface area contributed by atoms with Gasteiger partial charge in [0.05, 0.1) is 6.26 Å². The van der Waals surface area contributed by atoms with Crippen LogP contribution in [0.15, 0.2) is 4.99 Å². The summed E-state index contributed by atoms with van der Waals surface area (Å²) >= 11 is 0. The molecular weight excluding hydrogens is 324 g/mol. The van der Waals surface area contributed by atoms with Crippen LogP contribution in [-0.2, 0) is 10.0 Å². The van der Waals surface area contributed by atoms with Crippen LogP contribution in [-0.4, -0.2) is 57.7 Å². The van der Waals surface area contributed by atoms with Crippen LogP contribution in [0.2, 0.25) is 0 Å². The van der Waals surface area contributed by atoms with Crippen LogP contribution in [0.1, 0.15) is 51.9 Å². The highest BCUT2D eigenvalue weighted by atomic mass is 32.2. The van der Waals surface area contributed by atoms with Crippen LogP contribution in [0.5, 0.6) is 0 Å². The van der Waals surface area contributed by atoms with Gasteiger partial charge in [-0.2, -0.15) is 0 Å². The molecule has 2 rings (SSSR count). The number of nitrogens with zero attached hydrogens (tertiary/aromatic N) is 2. The predicted molar refractivity (Wildman–Crippen MR) is 99.7 cm³/mol. The first-order valence-electron chi connectivity index (χ1n) is 9.34. The molecule has 1 saturated heterocycles. The molecule has 0 aromatic heterocycles. The molecule has 0 spiro atoms. The number of hydrogen-bond donors (Lipinski definition) is 2. The molecule has 0 aromatic rings. The van der Waals surface area contributed by atoms with Gasteiger partial charge >= 0.3 is 0 Å². The van der Waals surface area contributed by atoms with E-state index in [0.29, 0.717) is 25.0 Å². The fourth-order valence-corrected chi connectivity index (χ4v) is 4.74. The van der Waals surface area contributed by atoms with E-state index in [1.807, 2.05) is 7.05 Å². The summed E-state index contributed by atoms with van der Waals surface area (Å²) in [4.78, 5) is 4.36. The number of aliphatic imine (C=N–C) groups is 1. The summed E-state index contributed by atoms with van der Waals surface area (Å²) in [5, 5.41) is 7.02. The Balaban J connectivity index is 1.72. The zero-order chi connectivity index (χ0) is 17.6. The van der Waals surface area contributed by atoms with E-state index in [-0.39, 0.29) is 0 Å². The largest absolute Gasteiger partial charge is 0.356 e. The summed E-state index contributed by atoms with van der Waals surface area (Å²) in [6.07, 6.45) is 9.52. The van der Waals surface area contributed by atoms with E-state index < -0.39 is 10.0 Å². The summed E-state index contributed by atoms with van der Waals surface area (Å²) in [6.45, 7) is 4.42. The SMILES string of the molecule is CCC1CCCC(NC(=NC)NCC2CCN(S(C)(=O)=O)CC2)C1. The fourth-order valence-electron chi connectivity index (χ4n) is 3.87. The Labute approximate surface area is 147 Å². The summed E-state index contributed by atoms with van der Waals surface area (Å²) in [7, 11) is -1.21. The molecule has 24 heavy (non-hydrogen) atoms. The quantitative estimate of drug-likeness (QED) is 0.580. The number of sulfonamides is 1. The van der Waals surface area contributed by atoms with Crippen molar-refractivity contribution in [3.8, 4) is 0 Å². The van der Waals surface area contributed by atoms with E-state index in [4.69, 9.17) is 0 Å². The molecule has 2 aliphatic rings. The third-order valence-electron chi connectivity index (χ3n) is 5.53. The molecule has 0 radical (unpaired) electrons. The van der Waals surface area contributed by atoms with E-state index >= 15 is 0 Å². The molecule has 140 valence electrons. The topological polar surface area (TPSA) is 73.8 Å². The Bertz CT molecular complexity index is 513. The molecule has 2 fully saturated rings. The first kappa shape index (κ1) is 19.5. The third-order valence-corrected chi connectivity index (χ3v) is 6.83. The first-order valence-corrected chi connectivity index (χ1v) is 11.2. The maximum Gasteiger partial charge on any atom is 0.211 e. The Kier molecular flexibility index (Phi) is 7.34. The highest BCUT2D eigenvalue weighted by molar-refractivity contribution is 7.88. The second-order valence-electron chi connectivity index (χ2n) is 7.34. The van der Waals surface area contributed by atoms with Gasteiger partial charge < -0.3 is 10.6 Å². The number of nitrogens with one attached hydrogen (secondary N) is 2. The Morgan fingerprint density at radius 1 is 1.17 bits per heavy atom. The summed E-state index contributed by atoms with van der Waals surface area (Å²) in [6, 6.07) is 0.530. The van der Waals surface area contributed by atoms with Gasteiger partial charge in [0.15, 0.2) is 5.96 Å². The van der Waals surface area contributed by atoms with E-state index in [1.54, 1.807) is 4.31 Å². The van der Waals surface area contributed by atoms with Gasteiger partial charge in [0.25, 0.3) is 0 Å². The van der Waals surface area contributed by atoms with Crippen molar-refractivity contribution in [3.05, 3.63) is 0 Å². The third kappa shape index (κ3) is 5.92. The molecule has 1 heterocycles. The van der Waals surface area contributed by atoms with Crippen LogP contribution >= 0.6 is 0 Å². The molecule has 7 heteroatoms. The first-order chi connectivity index (χ1) is 11.4. The van der Waals surface area contributed by atoms with E-state index in [9.17, 15) is 8.42 Å². The van der Waals surface area contributed by atoms with Gasteiger partial charge in [-0.1, -0.05) is 26.2 Å². The van der Waals surface area contributed by atoms with Crippen LogP contribution in [0.3, 0.4) is 0 Å². The Hall–Kier alpha value is -0.820. The average molecular weight is 359 g/mol. The van der Waals surface area contributed by atoms with Gasteiger partial charge in [-0.3, -0.25) is 4.99 Å². The van der Waals surface area contributed by atoms with Crippen molar-refractivity contribution in [2.24, 2.45) is 16.8 Å². The minimum absolute atomic E-state index is 0.510. The van der Waals surface area contributed by atoms with Crippen molar-refractivity contribution >= 4 is 16.0 Å². The highest BCUT2D eigenvalue weighted by Gasteiger charge is 2.25. The van der Waals surface area contributed by atoms with E-state index in [2.05, 4.69) is 22.5 Å². The lowest BCUT2D eigenvalue weighted by atomic mass is 9.84. The van der Waals surface area contributed by atoms with Gasteiger partial charge in [0.2, 0.25) is 10.0 Å². The Morgan fingerprint density at radius 3 is 2.46 bits per heavy atom. The molecule has 0 aromatic carbocycles. The van der Waals surface area contributed by atoms with Crippen molar-refractivity contribution in [1.29, 1.82) is 0 Å². The van der Waals surface area contributed by atoms with E-state index in [0.717, 1.165) is 31.3 Å². The van der Waals surface area contributed by atoms with Gasteiger partial charge in [0, 0.05) is 32.7 Å². The van der Waals surface area contributed by atoms with Crippen molar-refractivity contribution < 1.29 is 8.42 Å². The Morgan fingerprint density at radius 2 is 1.88 bits per heavy atom. The van der Waals surface area contributed by atoms with Gasteiger partial charge in [-0.05, 0) is 37.5 Å². The minimum atomic E-state index is -3.04. The molecular formula is C17H34N4O2S. The average Bonchev–Trinajstić information content (AvgIpc) is 2.58. The molecule has 1 aliphatic carbocycles. The van der Waals surface area contributed by atoms with Gasteiger partial charge in [-0.25, -0.2) is 12.7 Å². The molecule has 1 aliphatic heterocycles. The zero-order valence-corrected chi connectivity index (χ0v) is 16.2. The van der Waals surface area contributed by atoms with Crippen LogP contribution < -0.4 is 10.6 Å². The molecule has 2 N–H and O–H groups in total. The normalized spacial score (nSPS) is 27.9. The van der Waals surface area contributed by atoms with Gasteiger partial charge in [0.1, 0.15) is 0 Å². The minimum Gasteiger partial charge on any atom is -0.356 e. The summed E-state index contributed by atoms with van der Waals surface area (Å²) in [5.74, 6) is 2.24. The van der Waals surface area contributed by atoms with Crippen molar-refractivity contribution in [2.45, 2.75) is 57.9 Å². The van der Waals surface area contributed by atoms with Crippen molar-refractivity contribution in [2.75, 3.05) is 32.9 Å². The lowest BCUT2D eigenvalue weighted by Gasteiger charge is -2.32. The van der Waals surface area contributed by atoms with Crippen LogP contribution in [0.4, 0.5) is 0 Å². The van der Waals surface area contributed by atoms with E-state index in [1.165, 1.54) is 38.4 Å². The smallest absolute Gasteiger partial charge is 0.211 e. The number of guanidine groups is 1. The second kappa shape index (κ2) is 9.04. The monoisotopic (exact) mass is 358 g/mol. The van der Waals surface area contributed by atoms with Gasteiger partial charge in [-0.15, -0.1) is 0 Å². The van der Waals surface area contributed by atoms with Crippen LogP contribution in [0, 0.1) is 11.8 Å². The molecule has 0 amide bonds. The lowest BCUT2D eigenvalue weighted by molar-refractivity contribution is 0.273. The standard InChI is InChI=1S/C17H34N4O2S/c1-4-14-6-5-7-16(12-14)20-17(18-2)19-13-15-8-10-21(11-9-15)24(3,22)23/h14-16H,4-13H2,1-3H3,(H2,18,19,20). The molecule has 2 atom stereocenters. The fraction of sp³-hybridized carbons (Fsp3) is 0.941. The highest BCUT2D eigenvalue weighted by Crippen LogP contribution is 2.26. The molecule has 2 unspecified atom stereocenters. The summed E-state index contributed by atoms with van der Waals surface area (Å²) < 4.78 is 24.7. The number of hydrogen-bond acceptors (Lipinski definition) is 3. The maximum absolute atomic E-state index is 11.6. The van der Waals surface area contributed by atoms with Crippen LogP contribution in [0.25, 0.3) is 0 Å². The van der Waals surface area contributed by atoms with Crippen molar-refractivity contribution in [3.63, 3.8) is 0 Å². The zero-order valence-electron chi connectivity index (χ0n) is 15.4. The molecule has 1 saturated carbocycles. The molecule has 0 bridgehead atoms. The predicted octanol–water partition coefficient (Wildman–Crippen LogP) is 1.79.